The lowest BCUT2D eigenvalue weighted by Crippen LogP contribution is -2.45. The predicted octanol–water partition coefficient (Wildman–Crippen LogP) is -0.130. The molecule has 2 amide bonds. The summed E-state index contributed by atoms with van der Waals surface area (Å²) in [4.78, 5) is 24.4. The quantitative estimate of drug-likeness (QED) is 0.544. The first-order valence-corrected chi connectivity index (χ1v) is 6.59. The van der Waals surface area contributed by atoms with Crippen molar-refractivity contribution in [3.05, 3.63) is 0 Å². The molecule has 0 aromatic rings. The summed E-state index contributed by atoms with van der Waals surface area (Å²) >= 11 is 0. The third-order valence-electron chi connectivity index (χ3n) is 3.16. The molecule has 7 nitrogen and oxygen atoms in total. The van der Waals surface area contributed by atoms with Crippen molar-refractivity contribution in [2.24, 2.45) is 0 Å². The van der Waals surface area contributed by atoms with E-state index in [1.807, 2.05) is 0 Å². The van der Waals surface area contributed by atoms with Gasteiger partial charge in [-0.2, -0.15) is 0 Å². The number of nitrogens with one attached hydrogen (secondary N) is 2. The number of aliphatic carboxylic acids is 1. The van der Waals surface area contributed by atoms with Crippen LogP contribution in [0.25, 0.3) is 0 Å². The summed E-state index contributed by atoms with van der Waals surface area (Å²) in [5, 5.41) is 13.9. The van der Waals surface area contributed by atoms with Gasteiger partial charge in [-0.15, -0.1) is 0 Å². The maximum Gasteiger partial charge on any atom is 0.334 e. The van der Waals surface area contributed by atoms with Gasteiger partial charge >= 0.3 is 12.0 Å². The second-order valence-corrected chi connectivity index (χ2v) is 4.56. The van der Waals surface area contributed by atoms with E-state index in [-0.39, 0.29) is 12.6 Å². The Labute approximate surface area is 113 Å². The zero-order valence-corrected chi connectivity index (χ0v) is 11.5. The topological polar surface area (TPSA) is 90.9 Å². The number of methoxy groups -OCH3 is 1. The van der Waals surface area contributed by atoms with E-state index in [4.69, 9.17) is 9.84 Å². The molecule has 1 atom stereocenters. The van der Waals surface area contributed by atoms with Gasteiger partial charge in [-0.05, 0) is 19.4 Å². The van der Waals surface area contributed by atoms with Crippen molar-refractivity contribution in [1.29, 1.82) is 0 Å². The highest BCUT2D eigenvalue weighted by Gasteiger charge is 2.27. The average molecular weight is 273 g/mol. The van der Waals surface area contributed by atoms with E-state index in [2.05, 4.69) is 22.5 Å². The lowest BCUT2D eigenvalue weighted by atomic mass is 10.3. The van der Waals surface area contributed by atoms with E-state index in [9.17, 15) is 9.59 Å². The second-order valence-electron chi connectivity index (χ2n) is 4.56. The highest BCUT2D eigenvalue weighted by Crippen LogP contribution is 2.25. The molecule has 0 aromatic carbocycles. The van der Waals surface area contributed by atoms with Gasteiger partial charge in [-0.3, -0.25) is 4.90 Å². The van der Waals surface area contributed by atoms with Crippen molar-refractivity contribution in [3.63, 3.8) is 0 Å². The van der Waals surface area contributed by atoms with Crippen molar-refractivity contribution in [1.82, 2.24) is 15.5 Å². The first-order valence-electron chi connectivity index (χ1n) is 6.59. The molecule has 1 rings (SSSR count). The number of hydrogen-bond donors (Lipinski definition) is 3. The molecule has 19 heavy (non-hydrogen) atoms. The molecule has 1 fully saturated rings. The predicted molar refractivity (Wildman–Crippen MR) is 70.1 cm³/mol. The van der Waals surface area contributed by atoms with Gasteiger partial charge in [0, 0.05) is 26.2 Å². The minimum Gasteiger partial charge on any atom is -0.479 e. The van der Waals surface area contributed by atoms with Crippen molar-refractivity contribution < 1.29 is 19.4 Å². The Bertz CT molecular complexity index is 307. The lowest BCUT2D eigenvalue weighted by Gasteiger charge is -2.20. The molecule has 0 bridgehead atoms. The third kappa shape index (κ3) is 5.89. The average Bonchev–Trinajstić information content (AvgIpc) is 3.19. The first kappa shape index (κ1) is 15.7. The molecule has 110 valence electrons. The molecule has 0 heterocycles. The van der Waals surface area contributed by atoms with Crippen LogP contribution in [0, 0.1) is 0 Å². The fourth-order valence-electron chi connectivity index (χ4n) is 1.87. The highest BCUT2D eigenvalue weighted by atomic mass is 16.5. The van der Waals surface area contributed by atoms with Gasteiger partial charge in [0.2, 0.25) is 0 Å². The number of carbonyl (C=O) groups is 2. The van der Waals surface area contributed by atoms with Crippen LogP contribution >= 0.6 is 0 Å². The summed E-state index contributed by atoms with van der Waals surface area (Å²) < 4.78 is 4.71. The largest absolute Gasteiger partial charge is 0.479 e. The van der Waals surface area contributed by atoms with Crippen LogP contribution in [0.15, 0.2) is 0 Å². The van der Waals surface area contributed by atoms with Gasteiger partial charge in [0.25, 0.3) is 0 Å². The number of likely N-dealkylation sites (N-methyl/N-ethyl adjacent to an activating group) is 1. The number of ether oxygens (including phenoxy) is 1. The summed E-state index contributed by atoms with van der Waals surface area (Å²) in [6.07, 6.45) is 1.48. The Morgan fingerprint density at radius 3 is 2.58 bits per heavy atom. The Morgan fingerprint density at radius 1 is 1.42 bits per heavy atom. The van der Waals surface area contributed by atoms with E-state index in [1.165, 1.54) is 20.0 Å². The van der Waals surface area contributed by atoms with Crippen LogP contribution < -0.4 is 10.6 Å². The molecule has 1 saturated carbocycles. The van der Waals surface area contributed by atoms with E-state index >= 15 is 0 Å². The van der Waals surface area contributed by atoms with E-state index in [0.717, 1.165) is 13.1 Å². The van der Waals surface area contributed by atoms with Crippen LogP contribution in [0.1, 0.15) is 19.8 Å². The smallest absolute Gasteiger partial charge is 0.334 e. The minimum absolute atomic E-state index is 0.0439. The molecule has 1 unspecified atom stereocenters. The standard InChI is InChI=1S/C12H23N3O4/c1-3-15(9-4-5-9)7-6-13-12(18)14-8-10(19-2)11(16)17/h9-10H,3-8H2,1-2H3,(H,16,17)(H2,13,14,18). The monoisotopic (exact) mass is 273 g/mol. The Morgan fingerprint density at radius 2 is 2.11 bits per heavy atom. The molecule has 0 saturated heterocycles. The van der Waals surface area contributed by atoms with Gasteiger partial charge in [0.15, 0.2) is 6.10 Å². The van der Waals surface area contributed by atoms with Gasteiger partial charge < -0.3 is 20.5 Å². The molecule has 0 aliphatic heterocycles. The van der Waals surface area contributed by atoms with Gasteiger partial charge in [0.1, 0.15) is 0 Å². The van der Waals surface area contributed by atoms with E-state index in [1.54, 1.807) is 0 Å². The number of carboxylic acids is 1. The number of carboxylic acid groups (broad SMARTS) is 1. The van der Waals surface area contributed by atoms with Crippen LogP contribution in [-0.2, 0) is 9.53 Å². The number of amides is 2. The maximum atomic E-state index is 11.5. The molecular weight excluding hydrogens is 250 g/mol. The van der Waals surface area contributed by atoms with Crippen LogP contribution in [0.3, 0.4) is 0 Å². The number of rotatable bonds is 9. The van der Waals surface area contributed by atoms with Crippen LogP contribution in [0.4, 0.5) is 4.79 Å². The van der Waals surface area contributed by atoms with Crippen molar-refractivity contribution >= 4 is 12.0 Å². The minimum atomic E-state index is -1.09. The SMILES string of the molecule is CCN(CCNC(=O)NCC(OC)C(=O)O)C1CC1. The molecule has 7 heteroatoms. The molecule has 3 N–H and O–H groups in total. The summed E-state index contributed by atoms with van der Waals surface area (Å²) in [6.45, 7) is 4.42. The molecular formula is C12H23N3O4. The Hall–Kier alpha value is -1.34. The second kappa shape index (κ2) is 7.96. The summed E-state index contributed by atoms with van der Waals surface area (Å²) in [5.74, 6) is -1.09. The zero-order valence-electron chi connectivity index (χ0n) is 11.5. The highest BCUT2D eigenvalue weighted by molar-refractivity contribution is 5.76. The Kier molecular flexibility index (Phi) is 6.58. The third-order valence-corrected chi connectivity index (χ3v) is 3.16. The summed E-state index contributed by atoms with van der Waals surface area (Å²) in [7, 11) is 1.30. The zero-order chi connectivity index (χ0) is 14.3. The summed E-state index contributed by atoms with van der Waals surface area (Å²) in [5.41, 5.74) is 0. The van der Waals surface area contributed by atoms with Crippen molar-refractivity contribution in [3.8, 4) is 0 Å². The number of urea groups is 1. The molecule has 0 aromatic heterocycles. The number of carbonyl (C=O) groups excluding carboxylic acids is 1. The molecule has 0 spiro atoms. The van der Waals surface area contributed by atoms with Gasteiger partial charge in [0.05, 0.1) is 6.54 Å². The van der Waals surface area contributed by atoms with Crippen LogP contribution in [0.2, 0.25) is 0 Å². The molecule has 1 aliphatic carbocycles. The fraction of sp³-hybridized carbons (Fsp3) is 0.833. The fourth-order valence-corrected chi connectivity index (χ4v) is 1.87. The van der Waals surface area contributed by atoms with Crippen LogP contribution in [0.5, 0.6) is 0 Å². The first-order chi connectivity index (χ1) is 9.08. The van der Waals surface area contributed by atoms with Crippen molar-refractivity contribution in [2.75, 3.05) is 33.3 Å². The Balaban J connectivity index is 2.11. The molecule has 0 radical (unpaired) electrons. The van der Waals surface area contributed by atoms with Gasteiger partial charge in [-0.1, -0.05) is 6.92 Å². The van der Waals surface area contributed by atoms with E-state index < -0.39 is 12.1 Å². The van der Waals surface area contributed by atoms with Gasteiger partial charge in [-0.25, -0.2) is 9.59 Å². The van der Waals surface area contributed by atoms with Crippen molar-refractivity contribution in [2.45, 2.75) is 31.9 Å². The molecule has 1 aliphatic rings. The lowest BCUT2D eigenvalue weighted by molar-refractivity contribution is -0.147. The summed E-state index contributed by atoms with van der Waals surface area (Å²) in [6, 6.07) is 0.315. The van der Waals surface area contributed by atoms with Crippen LogP contribution in [-0.4, -0.2) is 67.4 Å². The number of hydrogen-bond acceptors (Lipinski definition) is 4. The normalized spacial score (nSPS) is 16.2. The van der Waals surface area contributed by atoms with E-state index in [0.29, 0.717) is 12.6 Å². The number of nitrogens with zero attached hydrogens (tertiary/aromatic N) is 1. The maximum absolute atomic E-state index is 11.5.